The van der Waals surface area contributed by atoms with Crippen molar-refractivity contribution in [3.8, 4) is 0 Å². The fourth-order valence-electron chi connectivity index (χ4n) is 0. The van der Waals surface area contributed by atoms with Crippen molar-refractivity contribution in [2.24, 2.45) is 0 Å². The van der Waals surface area contributed by atoms with Gasteiger partial charge in [-0.3, -0.25) is 0 Å². The zero-order valence-corrected chi connectivity index (χ0v) is 2.41. The first-order valence-electron chi connectivity index (χ1n) is 1.10. The summed E-state index contributed by atoms with van der Waals surface area (Å²) in [7, 11) is 0. The van der Waals surface area contributed by atoms with Gasteiger partial charge in [0.1, 0.15) is 0 Å². The lowest BCUT2D eigenvalue weighted by Crippen LogP contribution is -1.53. The van der Waals surface area contributed by atoms with Crippen LogP contribution in [0.3, 0.4) is 0 Å². The average molecular weight is 55.1 g/mol. The van der Waals surface area contributed by atoms with Gasteiger partial charge < -0.3 is 5.41 Å². The van der Waals surface area contributed by atoms with Crippen LogP contribution in [0.4, 0.5) is 0 Å². The van der Waals surface area contributed by atoms with E-state index in [0.29, 0.717) is 6.42 Å². The quantitative estimate of drug-likeness (QED) is 0.427. The van der Waals surface area contributed by atoms with Gasteiger partial charge in [-0.2, -0.15) is 0 Å². The Hall–Kier alpha value is -0.330. The molecule has 2 radical (unpaired) electrons. The molecule has 0 bridgehead atoms. The van der Waals surface area contributed by atoms with Crippen molar-refractivity contribution in [1.82, 2.24) is 0 Å². The van der Waals surface area contributed by atoms with Crippen LogP contribution in [0.15, 0.2) is 0 Å². The molecule has 1 nitrogen and oxygen atoms in total. The Kier molecular flexibility index (Phi) is 2.45. The molecule has 0 aliphatic carbocycles. The van der Waals surface area contributed by atoms with Gasteiger partial charge in [-0.15, -0.1) is 0 Å². The van der Waals surface area contributed by atoms with Crippen molar-refractivity contribution in [3.63, 3.8) is 0 Å². The lowest BCUT2D eigenvalue weighted by Gasteiger charge is -1.53. The molecule has 4 heavy (non-hydrogen) atoms. The van der Waals surface area contributed by atoms with Gasteiger partial charge in [0.25, 0.3) is 0 Å². The summed E-state index contributed by atoms with van der Waals surface area (Å²) in [6.07, 6.45) is 2.56. The fraction of sp³-hybridized carbons (Fsp3) is 0.333. The van der Waals surface area contributed by atoms with Gasteiger partial charge in [0, 0.05) is 0 Å². The third-order valence-corrected chi connectivity index (χ3v) is 0.125. The minimum atomic E-state index is 0.486. The van der Waals surface area contributed by atoms with Crippen LogP contribution in [0.2, 0.25) is 0 Å². The van der Waals surface area contributed by atoms with Gasteiger partial charge in [0.2, 0.25) is 0 Å². The predicted molar refractivity (Wildman–Crippen MR) is 17.7 cm³/mol. The number of hydrogen-bond acceptors (Lipinski definition) is 1. The van der Waals surface area contributed by atoms with E-state index in [1.807, 2.05) is 0 Å². The maximum absolute atomic E-state index is 6.14. The Labute approximate surface area is 26.2 Å². The molecule has 0 saturated carbocycles. The van der Waals surface area contributed by atoms with E-state index in [4.69, 9.17) is 5.41 Å². The molecule has 1 heteroatoms. The molecule has 0 aliphatic rings. The van der Waals surface area contributed by atoms with Crippen molar-refractivity contribution in [1.29, 1.82) is 5.41 Å². The Morgan fingerprint density at radius 3 is 2.25 bits per heavy atom. The SMILES string of the molecule is [CH2]C[C]=N. The average Bonchev–Trinajstić information content (AvgIpc) is 1.37. The van der Waals surface area contributed by atoms with Crippen LogP contribution in [-0.2, 0) is 0 Å². The summed E-state index contributed by atoms with van der Waals surface area (Å²) in [5, 5.41) is 6.14. The minimum Gasteiger partial charge on any atom is -0.303 e. The number of rotatable bonds is 1. The van der Waals surface area contributed by atoms with E-state index in [1.165, 1.54) is 0 Å². The molecule has 22 valence electrons. The van der Waals surface area contributed by atoms with E-state index < -0.39 is 0 Å². The first-order chi connectivity index (χ1) is 1.91. The molecule has 0 unspecified atom stereocenters. The first kappa shape index (κ1) is 3.67. The minimum absolute atomic E-state index is 0.486. The molecule has 0 fully saturated rings. The highest BCUT2D eigenvalue weighted by Crippen LogP contribution is 1.53. The summed E-state index contributed by atoms with van der Waals surface area (Å²) in [5.74, 6) is 0. The third kappa shape index (κ3) is 1.67. The van der Waals surface area contributed by atoms with Crippen molar-refractivity contribution in [2.75, 3.05) is 0 Å². The molecule has 0 amide bonds. The van der Waals surface area contributed by atoms with Crippen LogP contribution in [0.5, 0.6) is 0 Å². The lowest BCUT2D eigenvalue weighted by molar-refractivity contribution is 1.44. The Balaban J connectivity index is 2.30. The normalized spacial score (nSPS) is 6.25. The second-order valence-electron chi connectivity index (χ2n) is 0.427. The predicted octanol–water partition coefficient (Wildman–Crippen LogP) is 0.737. The van der Waals surface area contributed by atoms with Gasteiger partial charge in [-0.1, -0.05) is 0 Å². The molecule has 0 aromatic heterocycles. The maximum Gasteiger partial charge on any atom is 0.0521 e. The molecule has 1 N–H and O–H groups in total. The van der Waals surface area contributed by atoms with Gasteiger partial charge in [-0.05, 0) is 13.3 Å². The smallest absolute Gasteiger partial charge is 0.0521 e. The van der Waals surface area contributed by atoms with E-state index in [-0.39, 0.29) is 0 Å². The van der Waals surface area contributed by atoms with Gasteiger partial charge in [0.05, 0.1) is 6.21 Å². The van der Waals surface area contributed by atoms with Crippen molar-refractivity contribution >= 4 is 6.21 Å². The summed E-state index contributed by atoms with van der Waals surface area (Å²) >= 11 is 0. The van der Waals surface area contributed by atoms with Crippen LogP contribution in [-0.4, -0.2) is 6.21 Å². The van der Waals surface area contributed by atoms with E-state index in [9.17, 15) is 0 Å². The van der Waals surface area contributed by atoms with Crippen LogP contribution in [0, 0.1) is 12.3 Å². The summed E-state index contributed by atoms with van der Waals surface area (Å²) in [4.78, 5) is 0. The van der Waals surface area contributed by atoms with E-state index in [0.717, 1.165) is 0 Å². The second-order valence-corrected chi connectivity index (χ2v) is 0.427. The van der Waals surface area contributed by atoms with E-state index in [2.05, 4.69) is 13.1 Å². The van der Waals surface area contributed by atoms with E-state index >= 15 is 0 Å². The molecular weight excluding hydrogens is 50.0 g/mol. The fourth-order valence-corrected chi connectivity index (χ4v) is 0. The highest BCUT2D eigenvalue weighted by Gasteiger charge is 1.50. The Morgan fingerprint density at radius 1 is 2.00 bits per heavy atom. The van der Waals surface area contributed by atoms with E-state index in [1.54, 1.807) is 0 Å². The summed E-state index contributed by atoms with van der Waals surface area (Å²) in [5.41, 5.74) is 0. The van der Waals surface area contributed by atoms with Crippen molar-refractivity contribution < 1.29 is 0 Å². The molecule has 0 aromatic carbocycles. The Morgan fingerprint density at radius 2 is 2.25 bits per heavy atom. The first-order valence-corrected chi connectivity index (χ1v) is 1.10. The van der Waals surface area contributed by atoms with Crippen LogP contribution < -0.4 is 0 Å². The summed E-state index contributed by atoms with van der Waals surface area (Å²) in [6.45, 7) is 3.31. The van der Waals surface area contributed by atoms with Crippen LogP contribution in [0.25, 0.3) is 0 Å². The van der Waals surface area contributed by atoms with Crippen LogP contribution >= 0.6 is 0 Å². The highest BCUT2D eigenvalue weighted by atomic mass is 14.3. The summed E-state index contributed by atoms with van der Waals surface area (Å²) < 4.78 is 0. The number of hydrogen-bond donors (Lipinski definition) is 1. The zero-order chi connectivity index (χ0) is 3.41. The maximum atomic E-state index is 6.14. The standard InChI is InChI=1S/C3H5N/c1-2-3-4/h4H,1-2H2. The van der Waals surface area contributed by atoms with Crippen molar-refractivity contribution in [3.05, 3.63) is 6.92 Å². The molecule has 0 spiro atoms. The van der Waals surface area contributed by atoms with Crippen molar-refractivity contribution in [2.45, 2.75) is 6.42 Å². The molecule has 0 aliphatic heterocycles. The monoisotopic (exact) mass is 55.0 g/mol. The summed E-state index contributed by atoms with van der Waals surface area (Å²) in [6, 6.07) is 0. The molecule has 0 atom stereocenters. The molecule has 0 heterocycles. The van der Waals surface area contributed by atoms with Gasteiger partial charge >= 0.3 is 0 Å². The molecule has 0 saturated heterocycles. The molecular formula is C3H5N. The largest absolute Gasteiger partial charge is 0.303 e. The topological polar surface area (TPSA) is 23.9 Å². The lowest BCUT2D eigenvalue weighted by atomic mass is 10.6. The highest BCUT2D eigenvalue weighted by molar-refractivity contribution is 5.53. The number of nitrogens with one attached hydrogen (secondary N) is 1. The van der Waals surface area contributed by atoms with Crippen LogP contribution in [0.1, 0.15) is 6.42 Å². The second kappa shape index (κ2) is 2.67. The Bertz CT molecular complexity index is 17.2. The third-order valence-electron chi connectivity index (χ3n) is 0.125. The molecule has 0 aromatic rings. The molecule has 0 rings (SSSR count). The van der Waals surface area contributed by atoms with Gasteiger partial charge in [-0.25, -0.2) is 0 Å². The van der Waals surface area contributed by atoms with Gasteiger partial charge in [0.15, 0.2) is 0 Å². The zero-order valence-electron chi connectivity index (χ0n) is 2.41.